The van der Waals surface area contributed by atoms with E-state index in [2.05, 4.69) is 5.10 Å². The lowest BCUT2D eigenvalue weighted by molar-refractivity contribution is 0.121. The third-order valence-electron chi connectivity index (χ3n) is 3.81. The van der Waals surface area contributed by atoms with E-state index in [-0.39, 0.29) is 10.9 Å². The van der Waals surface area contributed by atoms with Gasteiger partial charge in [0.15, 0.2) is 0 Å². The zero-order valence-corrected chi connectivity index (χ0v) is 12.6. The van der Waals surface area contributed by atoms with Gasteiger partial charge < -0.3 is 5.73 Å². The van der Waals surface area contributed by atoms with Crippen LogP contribution in [0.3, 0.4) is 0 Å². The monoisotopic (exact) mass is 322 g/mol. The Bertz CT molecular complexity index is 566. The molecule has 1 aromatic heterocycles. The second-order valence-electron chi connectivity index (χ2n) is 5.39. The summed E-state index contributed by atoms with van der Waals surface area (Å²) in [4.78, 5) is -0.0394. The van der Waals surface area contributed by atoms with E-state index in [1.807, 2.05) is 6.92 Å². The molecule has 0 saturated carbocycles. The summed E-state index contributed by atoms with van der Waals surface area (Å²) in [6.45, 7) is 2.11. The van der Waals surface area contributed by atoms with Crippen LogP contribution in [-0.4, -0.2) is 48.1 Å². The van der Waals surface area contributed by atoms with Gasteiger partial charge in [-0.05, 0) is 25.7 Å². The lowest BCUT2D eigenvalue weighted by Crippen LogP contribution is -2.42. The zero-order chi connectivity index (χ0) is 15.6. The van der Waals surface area contributed by atoms with E-state index >= 15 is 0 Å². The molecule has 1 aliphatic rings. The summed E-state index contributed by atoms with van der Waals surface area (Å²) in [6.07, 6.45) is 1.13. The van der Waals surface area contributed by atoms with Gasteiger partial charge in [0.05, 0.1) is 6.20 Å². The number of nitrogens with zero attached hydrogens (tertiary/aromatic N) is 3. The van der Waals surface area contributed by atoms with Gasteiger partial charge in [0.1, 0.15) is 11.4 Å². The molecule has 0 bridgehead atoms. The largest absolute Gasteiger partial charge is 0.328 e. The number of aromatic nitrogens is 2. The number of rotatable bonds is 5. The number of hydrogen-bond donors (Lipinski definition) is 1. The van der Waals surface area contributed by atoms with E-state index in [1.165, 1.54) is 4.31 Å². The molecule has 21 heavy (non-hydrogen) atoms. The molecule has 0 spiro atoms. The molecule has 1 aliphatic heterocycles. The Hall–Kier alpha value is -1.06. The third-order valence-corrected chi connectivity index (χ3v) is 5.67. The molecule has 0 aliphatic carbocycles. The van der Waals surface area contributed by atoms with Crippen LogP contribution >= 0.6 is 0 Å². The summed E-state index contributed by atoms with van der Waals surface area (Å²) in [7, 11) is -3.66. The van der Waals surface area contributed by atoms with Gasteiger partial charge in [-0.2, -0.15) is 9.40 Å². The Morgan fingerprint density at radius 1 is 1.43 bits per heavy atom. The van der Waals surface area contributed by atoms with Crippen molar-refractivity contribution in [1.82, 2.24) is 14.1 Å². The molecule has 6 nitrogen and oxygen atoms in total. The summed E-state index contributed by atoms with van der Waals surface area (Å²) in [5, 5.41) is 3.67. The zero-order valence-electron chi connectivity index (χ0n) is 11.8. The molecule has 120 valence electrons. The highest BCUT2D eigenvalue weighted by Crippen LogP contribution is 2.24. The first kappa shape index (κ1) is 16.3. The molecule has 1 atom stereocenters. The molecule has 0 radical (unpaired) electrons. The van der Waals surface area contributed by atoms with Crippen LogP contribution in [0.2, 0.25) is 0 Å². The molecule has 2 rings (SSSR count). The summed E-state index contributed by atoms with van der Waals surface area (Å²) < 4.78 is 51.7. The molecular formula is C12H20F2N4O2S. The smallest absolute Gasteiger partial charge is 0.257 e. The number of piperidine rings is 1. The molecule has 2 N–H and O–H groups in total. The van der Waals surface area contributed by atoms with E-state index in [9.17, 15) is 17.2 Å². The first-order chi connectivity index (χ1) is 9.80. The van der Waals surface area contributed by atoms with Crippen LogP contribution in [-0.2, 0) is 16.6 Å². The Morgan fingerprint density at radius 3 is 2.57 bits per heavy atom. The van der Waals surface area contributed by atoms with Crippen molar-refractivity contribution in [3.05, 3.63) is 12.4 Å². The lowest BCUT2D eigenvalue weighted by Gasteiger charge is -2.32. The first-order valence-corrected chi connectivity index (χ1v) is 8.31. The Morgan fingerprint density at radius 2 is 2.05 bits per heavy atom. The van der Waals surface area contributed by atoms with Crippen LogP contribution in [0.25, 0.3) is 0 Å². The van der Waals surface area contributed by atoms with Crippen LogP contribution in [0.1, 0.15) is 19.8 Å². The van der Waals surface area contributed by atoms with Crippen LogP contribution in [0.15, 0.2) is 17.3 Å². The minimum Gasteiger partial charge on any atom is -0.328 e. The van der Waals surface area contributed by atoms with Crippen LogP contribution in [0.5, 0.6) is 0 Å². The first-order valence-electron chi connectivity index (χ1n) is 6.87. The Balaban J connectivity index is 2.07. The standard InChI is InChI=1S/C12H20F2N4O2S/c1-9(15)10-2-4-18(5-3-10)21(19,20)11-6-16-17(7-11)8-12(13)14/h6-7,9-10,12H,2-5,8,15H2,1H3. The molecule has 1 fully saturated rings. The average molecular weight is 322 g/mol. The highest BCUT2D eigenvalue weighted by atomic mass is 32.2. The van der Waals surface area contributed by atoms with Gasteiger partial charge in [0, 0.05) is 25.3 Å². The third kappa shape index (κ3) is 3.78. The van der Waals surface area contributed by atoms with Crippen molar-refractivity contribution in [2.24, 2.45) is 11.7 Å². The SMILES string of the molecule is CC(N)C1CCN(S(=O)(=O)c2cnn(CC(F)F)c2)CC1. The Kier molecular flexibility index (Phi) is 4.95. The number of alkyl halides is 2. The van der Waals surface area contributed by atoms with Crippen molar-refractivity contribution < 1.29 is 17.2 Å². The predicted octanol–water partition coefficient (Wildman–Crippen LogP) is 0.896. The van der Waals surface area contributed by atoms with Gasteiger partial charge >= 0.3 is 0 Å². The predicted molar refractivity (Wildman–Crippen MR) is 73.4 cm³/mol. The molecule has 1 aromatic rings. The highest BCUT2D eigenvalue weighted by Gasteiger charge is 2.31. The highest BCUT2D eigenvalue weighted by molar-refractivity contribution is 7.89. The summed E-state index contributed by atoms with van der Waals surface area (Å²) in [5.74, 6) is 0.318. The van der Waals surface area contributed by atoms with Gasteiger partial charge in [-0.15, -0.1) is 0 Å². The molecule has 0 aromatic carbocycles. The van der Waals surface area contributed by atoms with Crippen molar-refractivity contribution in [3.63, 3.8) is 0 Å². The molecule has 1 unspecified atom stereocenters. The number of nitrogens with two attached hydrogens (primary N) is 1. The average Bonchev–Trinajstić information content (AvgIpc) is 2.87. The summed E-state index contributed by atoms with van der Waals surface area (Å²) in [6, 6.07) is 0.0450. The van der Waals surface area contributed by atoms with E-state index in [0.717, 1.165) is 17.1 Å². The molecular weight excluding hydrogens is 302 g/mol. The van der Waals surface area contributed by atoms with Crippen molar-refractivity contribution in [2.45, 2.75) is 43.7 Å². The van der Waals surface area contributed by atoms with Crippen LogP contribution < -0.4 is 5.73 Å². The van der Waals surface area contributed by atoms with E-state index in [1.54, 1.807) is 0 Å². The summed E-state index contributed by atoms with van der Waals surface area (Å²) >= 11 is 0. The molecule has 9 heteroatoms. The van der Waals surface area contributed by atoms with Gasteiger partial charge in [-0.1, -0.05) is 0 Å². The second kappa shape index (κ2) is 6.37. The molecule has 0 amide bonds. The van der Waals surface area contributed by atoms with Crippen molar-refractivity contribution >= 4 is 10.0 Å². The van der Waals surface area contributed by atoms with E-state index in [4.69, 9.17) is 5.73 Å². The van der Waals surface area contributed by atoms with Crippen molar-refractivity contribution in [3.8, 4) is 0 Å². The fraction of sp³-hybridized carbons (Fsp3) is 0.750. The quantitative estimate of drug-likeness (QED) is 0.873. The van der Waals surface area contributed by atoms with Gasteiger partial charge in [-0.3, -0.25) is 4.68 Å². The maximum atomic E-state index is 12.4. The Labute approximate surface area is 123 Å². The van der Waals surface area contributed by atoms with Crippen LogP contribution in [0, 0.1) is 5.92 Å². The van der Waals surface area contributed by atoms with Gasteiger partial charge in [-0.25, -0.2) is 17.2 Å². The van der Waals surface area contributed by atoms with Gasteiger partial charge in [0.2, 0.25) is 10.0 Å². The normalized spacial score (nSPS) is 20.0. The maximum Gasteiger partial charge on any atom is 0.257 e. The van der Waals surface area contributed by atoms with E-state index < -0.39 is 23.0 Å². The maximum absolute atomic E-state index is 12.4. The number of sulfonamides is 1. The van der Waals surface area contributed by atoms with Crippen molar-refractivity contribution in [2.75, 3.05) is 13.1 Å². The number of halogens is 2. The number of hydrogen-bond acceptors (Lipinski definition) is 4. The minimum absolute atomic E-state index is 0.0394. The fourth-order valence-electron chi connectivity index (χ4n) is 2.51. The molecule has 1 saturated heterocycles. The lowest BCUT2D eigenvalue weighted by atomic mass is 9.92. The molecule has 2 heterocycles. The summed E-state index contributed by atoms with van der Waals surface area (Å²) in [5.41, 5.74) is 5.83. The minimum atomic E-state index is -3.66. The topological polar surface area (TPSA) is 81.2 Å². The van der Waals surface area contributed by atoms with E-state index in [0.29, 0.717) is 31.8 Å². The van der Waals surface area contributed by atoms with Crippen molar-refractivity contribution in [1.29, 1.82) is 0 Å². The second-order valence-corrected chi connectivity index (χ2v) is 7.33. The van der Waals surface area contributed by atoms with Crippen LogP contribution in [0.4, 0.5) is 8.78 Å². The van der Waals surface area contributed by atoms with Gasteiger partial charge in [0.25, 0.3) is 6.43 Å². The fourth-order valence-corrected chi connectivity index (χ4v) is 3.93.